The number of hydrogen-bond donors (Lipinski definition) is 1. The number of likely N-dealkylation sites (tertiary alicyclic amines) is 1. The Balaban J connectivity index is 1.25. The lowest BCUT2D eigenvalue weighted by Crippen LogP contribution is -2.49. The number of carbonyl (C=O) groups excluding carboxylic acids is 5. The van der Waals surface area contributed by atoms with Crippen LogP contribution in [0, 0.1) is 29.1 Å². The lowest BCUT2D eigenvalue weighted by atomic mass is 9.74. The molecule has 0 bridgehead atoms. The summed E-state index contributed by atoms with van der Waals surface area (Å²) >= 11 is 6.05. The zero-order valence-corrected chi connectivity index (χ0v) is 33.2. The van der Waals surface area contributed by atoms with Crippen molar-refractivity contribution in [1.29, 1.82) is 0 Å². The molecular formula is C42H54ClN5O7. The van der Waals surface area contributed by atoms with Gasteiger partial charge in [0.2, 0.25) is 23.2 Å². The van der Waals surface area contributed by atoms with Crippen LogP contribution in [-0.2, 0) is 24.0 Å². The number of aromatic nitrogens is 3. The van der Waals surface area contributed by atoms with Gasteiger partial charge in [0.1, 0.15) is 6.10 Å². The van der Waals surface area contributed by atoms with Crippen molar-refractivity contribution in [3.05, 3.63) is 41.7 Å². The highest BCUT2D eigenvalue weighted by atomic mass is 35.5. The molecule has 5 atom stereocenters. The third kappa shape index (κ3) is 10.4. The minimum atomic E-state index is -0.907. The molecule has 3 fully saturated rings. The normalized spacial score (nSPS) is 20.9. The Labute approximate surface area is 327 Å². The van der Waals surface area contributed by atoms with Gasteiger partial charge in [-0.2, -0.15) is 4.98 Å². The van der Waals surface area contributed by atoms with E-state index in [-0.39, 0.29) is 67.6 Å². The van der Waals surface area contributed by atoms with Crippen molar-refractivity contribution in [3.8, 4) is 5.88 Å². The Morgan fingerprint density at radius 2 is 1.78 bits per heavy atom. The number of amides is 1. The summed E-state index contributed by atoms with van der Waals surface area (Å²) in [6.45, 7) is 7.80. The average Bonchev–Trinajstić information content (AvgIpc) is 3.72. The molecule has 296 valence electrons. The largest absolute Gasteiger partial charge is 0.472 e. The molecule has 1 aliphatic heterocycles. The number of ketones is 4. The number of fused-ring (bicyclic) bond motifs is 1. The first kappa shape index (κ1) is 40.5. The lowest BCUT2D eigenvalue weighted by molar-refractivity contribution is -0.147. The standard InChI is InChI=1S/C42H54ClN5O7/c1-5-10-27(38(52)34(51)19-25-14-15-25)20-32(49)31-21-29(54-36-17-16-28(43)23-45-36)24-48(31)40(53)30(42(2,3)4)22-33(50)37(26-11-7-6-8-12-26)46-41-47-39-35(55-41)13-9-18-44-39/h9,13,16-18,23,25-27,29-31,37H,5-8,10-12,14-15,19-22,24H2,1-4H3,(H,44,46,47)/t27-,29-,30-,31+,37+/m1/s1. The zero-order chi connectivity index (χ0) is 39.3. The average molecular weight is 776 g/mol. The van der Waals surface area contributed by atoms with Crippen molar-refractivity contribution >= 4 is 57.9 Å². The number of Topliss-reactive ketones (excluding diaryl/α,β-unsaturated/α-hetero) is 4. The topological polar surface area (TPSA) is 162 Å². The molecule has 0 spiro atoms. The van der Waals surface area contributed by atoms with Crippen molar-refractivity contribution in [2.45, 2.75) is 129 Å². The van der Waals surface area contributed by atoms with E-state index in [0.29, 0.717) is 35.0 Å². The second-order valence-corrected chi connectivity index (χ2v) is 17.3. The van der Waals surface area contributed by atoms with Crippen LogP contribution < -0.4 is 10.1 Å². The maximum absolute atomic E-state index is 14.9. The monoisotopic (exact) mass is 775 g/mol. The molecule has 0 aromatic carbocycles. The molecule has 1 saturated heterocycles. The highest BCUT2D eigenvalue weighted by Gasteiger charge is 2.47. The SMILES string of the molecule is CCC[C@H](CC(=O)[C@@H]1C[C@@H](Oc2ccc(Cl)cn2)CN1C(=O)[C@@H](CC(=O)[C@@H](Nc1nc2ncccc2o1)C1CCCCC1)C(C)(C)C)C(=O)C(=O)CC1CC1. The second-order valence-electron chi connectivity index (χ2n) is 16.8. The molecular weight excluding hydrogens is 722 g/mol. The molecule has 12 nitrogen and oxygen atoms in total. The van der Waals surface area contributed by atoms with E-state index < -0.39 is 47.0 Å². The lowest BCUT2D eigenvalue weighted by Gasteiger charge is -2.36. The molecule has 3 aromatic heterocycles. The summed E-state index contributed by atoms with van der Waals surface area (Å²) in [6.07, 6.45) is 10.5. The molecule has 2 aliphatic carbocycles. The van der Waals surface area contributed by atoms with Gasteiger partial charge in [0.25, 0.3) is 6.01 Å². The summed E-state index contributed by atoms with van der Waals surface area (Å²) in [5.74, 6) is -2.59. The molecule has 0 unspecified atom stereocenters. The number of pyridine rings is 2. The van der Waals surface area contributed by atoms with Crippen LogP contribution in [0.4, 0.5) is 6.01 Å². The van der Waals surface area contributed by atoms with Crippen LogP contribution in [0.15, 0.2) is 41.1 Å². The molecule has 2 saturated carbocycles. The van der Waals surface area contributed by atoms with E-state index in [4.69, 9.17) is 20.8 Å². The number of halogens is 1. The number of anilines is 1. The highest BCUT2D eigenvalue weighted by Crippen LogP contribution is 2.38. The van der Waals surface area contributed by atoms with Crippen LogP contribution in [-0.4, -0.2) is 73.6 Å². The number of nitrogens with one attached hydrogen (secondary N) is 1. The molecule has 1 amide bonds. The van der Waals surface area contributed by atoms with Gasteiger partial charge in [0, 0.05) is 56.0 Å². The fourth-order valence-electron chi connectivity index (χ4n) is 8.18. The van der Waals surface area contributed by atoms with E-state index in [1.807, 2.05) is 27.7 Å². The van der Waals surface area contributed by atoms with E-state index in [2.05, 4.69) is 20.3 Å². The van der Waals surface area contributed by atoms with Crippen LogP contribution in [0.25, 0.3) is 11.2 Å². The Kier molecular flexibility index (Phi) is 13.0. The molecule has 0 radical (unpaired) electrons. The quantitative estimate of drug-likeness (QED) is 0.127. The van der Waals surface area contributed by atoms with Gasteiger partial charge >= 0.3 is 0 Å². The molecule has 1 N–H and O–H groups in total. The summed E-state index contributed by atoms with van der Waals surface area (Å²) in [6, 6.07) is 5.48. The zero-order valence-electron chi connectivity index (χ0n) is 32.4. The van der Waals surface area contributed by atoms with Crippen molar-refractivity contribution in [3.63, 3.8) is 0 Å². The summed E-state index contributed by atoms with van der Waals surface area (Å²) in [7, 11) is 0. The van der Waals surface area contributed by atoms with Crippen molar-refractivity contribution in [2.75, 3.05) is 11.9 Å². The molecule has 55 heavy (non-hydrogen) atoms. The van der Waals surface area contributed by atoms with E-state index >= 15 is 0 Å². The maximum atomic E-state index is 14.9. The molecule has 3 aliphatic rings. The smallest absolute Gasteiger partial charge is 0.297 e. The summed E-state index contributed by atoms with van der Waals surface area (Å²) in [5.41, 5.74) is 0.284. The van der Waals surface area contributed by atoms with Crippen LogP contribution >= 0.6 is 11.6 Å². The molecule has 3 aromatic rings. The minimum Gasteiger partial charge on any atom is -0.472 e. The second kappa shape index (κ2) is 17.7. The van der Waals surface area contributed by atoms with Gasteiger partial charge in [-0.15, -0.1) is 0 Å². The van der Waals surface area contributed by atoms with Crippen LogP contribution in [0.2, 0.25) is 5.02 Å². The van der Waals surface area contributed by atoms with Gasteiger partial charge < -0.3 is 19.4 Å². The number of nitrogens with zero attached hydrogens (tertiary/aromatic N) is 4. The summed E-state index contributed by atoms with van der Waals surface area (Å²) < 4.78 is 12.1. The highest BCUT2D eigenvalue weighted by molar-refractivity contribution is 6.38. The number of carbonyl (C=O) groups is 5. The van der Waals surface area contributed by atoms with E-state index in [1.54, 1.807) is 35.4 Å². The van der Waals surface area contributed by atoms with E-state index in [1.165, 1.54) is 6.20 Å². The van der Waals surface area contributed by atoms with Crippen molar-refractivity contribution in [2.24, 2.45) is 29.1 Å². The first-order valence-corrected chi connectivity index (χ1v) is 20.4. The van der Waals surface area contributed by atoms with Gasteiger partial charge in [-0.1, -0.05) is 65.0 Å². The first-order valence-electron chi connectivity index (χ1n) is 20.0. The van der Waals surface area contributed by atoms with Crippen LogP contribution in [0.5, 0.6) is 5.88 Å². The first-order chi connectivity index (χ1) is 26.3. The minimum absolute atomic E-state index is 0.0290. The number of rotatable bonds is 18. The van der Waals surface area contributed by atoms with Crippen molar-refractivity contribution in [1.82, 2.24) is 19.9 Å². The van der Waals surface area contributed by atoms with Crippen molar-refractivity contribution < 1.29 is 33.1 Å². The fourth-order valence-corrected chi connectivity index (χ4v) is 8.30. The Morgan fingerprint density at radius 3 is 2.44 bits per heavy atom. The molecule has 6 rings (SSSR count). The van der Waals surface area contributed by atoms with E-state index in [9.17, 15) is 24.0 Å². The third-order valence-corrected chi connectivity index (χ3v) is 11.7. The maximum Gasteiger partial charge on any atom is 0.297 e. The Hall–Kier alpha value is -4.19. The van der Waals surface area contributed by atoms with Gasteiger partial charge in [-0.05, 0) is 67.6 Å². The fraction of sp³-hybridized carbons (Fsp3) is 0.619. The number of hydrogen-bond acceptors (Lipinski definition) is 11. The van der Waals surface area contributed by atoms with Crippen LogP contribution in [0.1, 0.15) is 111 Å². The number of oxazole rings is 1. The van der Waals surface area contributed by atoms with Gasteiger partial charge in [0.15, 0.2) is 22.9 Å². The summed E-state index contributed by atoms with van der Waals surface area (Å²) in [4.78, 5) is 84.5. The Morgan fingerprint density at radius 1 is 1.02 bits per heavy atom. The summed E-state index contributed by atoms with van der Waals surface area (Å²) in [5, 5.41) is 3.74. The van der Waals surface area contributed by atoms with Crippen LogP contribution in [0.3, 0.4) is 0 Å². The van der Waals surface area contributed by atoms with Gasteiger partial charge in [-0.25, -0.2) is 9.97 Å². The van der Waals surface area contributed by atoms with Gasteiger partial charge in [0.05, 0.1) is 23.7 Å². The number of ether oxygens (including phenoxy) is 1. The van der Waals surface area contributed by atoms with Gasteiger partial charge in [-0.3, -0.25) is 24.0 Å². The Bertz CT molecular complexity index is 1810. The predicted octanol–water partition coefficient (Wildman–Crippen LogP) is 7.62. The predicted molar refractivity (Wildman–Crippen MR) is 208 cm³/mol. The van der Waals surface area contributed by atoms with E-state index in [0.717, 1.165) is 44.9 Å². The molecule has 13 heteroatoms. The third-order valence-electron chi connectivity index (χ3n) is 11.5. The molecule has 4 heterocycles.